The number of nitro benzene ring substituents is 1. The molecule has 0 aliphatic carbocycles. The third-order valence-electron chi connectivity index (χ3n) is 2.53. The van der Waals surface area contributed by atoms with Crippen LogP contribution in [0.5, 0.6) is 0 Å². The number of nitro groups is 1. The smallest absolute Gasteiger partial charge is 0.304 e. The third-order valence-corrected chi connectivity index (χ3v) is 2.77. The molecule has 19 heavy (non-hydrogen) atoms. The predicted molar refractivity (Wildman–Crippen MR) is 71.8 cm³/mol. The monoisotopic (exact) mass is 280 g/mol. The van der Waals surface area contributed by atoms with E-state index in [0.29, 0.717) is 17.3 Å². The Morgan fingerprint density at radius 1 is 1.26 bits per heavy atom. The van der Waals surface area contributed by atoms with Crippen molar-refractivity contribution in [3.8, 4) is 0 Å². The molecule has 0 heterocycles. The molecule has 0 spiro atoms. The van der Waals surface area contributed by atoms with Crippen molar-refractivity contribution in [3.63, 3.8) is 0 Å². The van der Waals surface area contributed by atoms with Gasteiger partial charge in [0.1, 0.15) is 0 Å². The first-order valence-corrected chi connectivity index (χ1v) is 5.86. The zero-order chi connectivity index (χ0) is 13.8. The van der Waals surface area contributed by atoms with Crippen LogP contribution in [-0.4, -0.2) is 4.92 Å². The highest BCUT2D eigenvalue weighted by Gasteiger charge is 2.13. The van der Waals surface area contributed by atoms with E-state index in [4.69, 9.17) is 11.6 Å². The minimum absolute atomic E-state index is 0.456. The van der Waals surface area contributed by atoms with E-state index in [1.165, 1.54) is 6.07 Å². The Balaban J connectivity index is 2.08. The molecule has 2 rings (SSSR count). The average molecular weight is 281 g/mol. The topological polar surface area (TPSA) is 55.2 Å². The molecular formula is C13H10ClFN2O2. The van der Waals surface area contributed by atoms with Crippen molar-refractivity contribution in [2.45, 2.75) is 6.54 Å². The summed E-state index contributed by atoms with van der Waals surface area (Å²) in [4.78, 5) is 9.73. The molecule has 4 nitrogen and oxygen atoms in total. The van der Waals surface area contributed by atoms with Crippen LogP contribution in [0.15, 0.2) is 42.5 Å². The molecule has 0 amide bonds. The minimum Gasteiger partial charge on any atom is -0.381 e. The van der Waals surface area contributed by atoms with E-state index in [1.54, 1.807) is 12.1 Å². The maximum absolute atomic E-state index is 13.4. The Hall–Kier alpha value is -2.14. The zero-order valence-corrected chi connectivity index (χ0v) is 10.5. The second-order valence-corrected chi connectivity index (χ2v) is 4.34. The van der Waals surface area contributed by atoms with Gasteiger partial charge >= 0.3 is 5.69 Å². The summed E-state index contributed by atoms with van der Waals surface area (Å²) in [5, 5.41) is 14.1. The number of anilines is 1. The van der Waals surface area contributed by atoms with Gasteiger partial charge in [0.25, 0.3) is 0 Å². The molecule has 2 aromatic rings. The fourth-order valence-corrected chi connectivity index (χ4v) is 1.83. The second kappa shape index (κ2) is 5.67. The van der Waals surface area contributed by atoms with E-state index in [1.807, 2.05) is 12.1 Å². The van der Waals surface area contributed by atoms with Crippen LogP contribution in [-0.2, 0) is 6.54 Å². The van der Waals surface area contributed by atoms with Crippen LogP contribution in [0.2, 0.25) is 5.02 Å². The summed E-state index contributed by atoms with van der Waals surface area (Å²) in [6.45, 7) is 0.456. The van der Waals surface area contributed by atoms with Crippen molar-refractivity contribution in [2.24, 2.45) is 0 Å². The van der Waals surface area contributed by atoms with E-state index in [-0.39, 0.29) is 0 Å². The SMILES string of the molecule is O=[N+]([O-])c1ccc(NCc2cccc(Cl)c2)cc1F. The highest BCUT2D eigenvalue weighted by Crippen LogP contribution is 2.21. The third kappa shape index (κ3) is 3.42. The Kier molecular flexibility index (Phi) is 3.97. The number of benzene rings is 2. The van der Waals surface area contributed by atoms with Crippen molar-refractivity contribution >= 4 is 23.0 Å². The Morgan fingerprint density at radius 2 is 2.05 bits per heavy atom. The van der Waals surface area contributed by atoms with Gasteiger partial charge < -0.3 is 5.32 Å². The molecule has 2 aromatic carbocycles. The quantitative estimate of drug-likeness (QED) is 0.680. The molecule has 0 bridgehead atoms. The standard InChI is InChI=1S/C13H10ClFN2O2/c14-10-3-1-2-9(6-10)8-16-11-4-5-13(17(18)19)12(15)7-11/h1-7,16H,8H2. The zero-order valence-electron chi connectivity index (χ0n) is 9.77. The van der Waals surface area contributed by atoms with Gasteiger partial charge in [-0.05, 0) is 23.8 Å². The lowest BCUT2D eigenvalue weighted by Crippen LogP contribution is -2.00. The summed E-state index contributed by atoms with van der Waals surface area (Å²) in [7, 11) is 0. The van der Waals surface area contributed by atoms with Gasteiger partial charge in [-0.25, -0.2) is 0 Å². The molecule has 0 saturated heterocycles. The number of hydrogen-bond acceptors (Lipinski definition) is 3. The number of nitrogens with zero attached hydrogens (tertiary/aromatic N) is 1. The van der Waals surface area contributed by atoms with Gasteiger partial charge in [-0.15, -0.1) is 0 Å². The van der Waals surface area contributed by atoms with Crippen molar-refractivity contribution in [2.75, 3.05) is 5.32 Å². The van der Waals surface area contributed by atoms with Crippen LogP contribution in [0.25, 0.3) is 0 Å². The van der Waals surface area contributed by atoms with Crippen molar-refractivity contribution < 1.29 is 9.31 Å². The van der Waals surface area contributed by atoms with Crippen molar-refractivity contribution in [3.05, 3.63) is 69.0 Å². The molecule has 1 N–H and O–H groups in total. The number of hydrogen-bond donors (Lipinski definition) is 1. The van der Waals surface area contributed by atoms with Gasteiger partial charge in [0.05, 0.1) is 4.92 Å². The molecular weight excluding hydrogens is 271 g/mol. The molecule has 98 valence electrons. The van der Waals surface area contributed by atoms with Gasteiger partial charge in [-0.3, -0.25) is 10.1 Å². The molecule has 0 aromatic heterocycles. The highest BCUT2D eigenvalue weighted by molar-refractivity contribution is 6.30. The molecule has 0 unspecified atom stereocenters. The largest absolute Gasteiger partial charge is 0.381 e. The van der Waals surface area contributed by atoms with Crippen molar-refractivity contribution in [1.82, 2.24) is 0 Å². The summed E-state index contributed by atoms with van der Waals surface area (Å²) in [6, 6.07) is 10.9. The van der Waals surface area contributed by atoms with Crippen LogP contribution >= 0.6 is 11.6 Å². The number of rotatable bonds is 4. The van der Waals surface area contributed by atoms with Gasteiger partial charge in [-0.2, -0.15) is 4.39 Å². The lowest BCUT2D eigenvalue weighted by atomic mass is 10.2. The van der Waals surface area contributed by atoms with E-state index in [9.17, 15) is 14.5 Å². The Bertz CT molecular complexity index is 619. The first-order valence-electron chi connectivity index (χ1n) is 5.48. The lowest BCUT2D eigenvalue weighted by molar-refractivity contribution is -0.387. The Labute approximate surface area is 114 Å². The fraction of sp³-hybridized carbons (Fsp3) is 0.0769. The van der Waals surface area contributed by atoms with Crippen LogP contribution in [0, 0.1) is 15.9 Å². The summed E-state index contributed by atoms with van der Waals surface area (Å²) in [6.07, 6.45) is 0. The van der Waals surface area contributed by atoms with Gasteiger partial charge in [0.15, 0.2) is 0 Å². The summed E-state index contributed by atoms with van der Waals surface area (Å²) < 4.78 is 13.4. The fourth-order valence-electron chi connectivity index (χ4n) is 1.62. The number of halogens is 2. The first kappa shape index (κ1) is 13.3. The van der Waals surface area contributed by atoms with E-state index >= 15 is 0 Å². The molecule has 6 heteroatoms. The second-order valence-electron chi connectivity index (χ2n) is 3.91. The molecule has 0 atom stereocenters. The van der Waals surface area contributed by atoms with Crippen molar-refractivity contribution in [1.29, 1.82) is 0 Å². The molecule has 0 aliphatic heterocycles. The van der Waals surface area contributed by atoms with Crippen LogP contribution in [0.1, 0.15) is 5.56 Å². The maximum Gasteiger partial charge on any atom is 0.304 e. The normalized spacial score (nSPS) is 10.2. The van der Waals surface area contributed by atoms with Crippen LogP contribution < -0.4 is 5.32 Å². The summed E-state index contributed by atoms with van der Waals surface area (Å²) >= 11 is 5.84. The van der Waals surface area contributed by atoms with E-state index in [0.717, 1.165) is 17.7 Å². The Morgan fingerprint density at radius 3 is 2.68 bits per heavy atom. The molecule has 0 aliphatic rings. The molecule has 0 saturated carbocycles. The molecule has 0 fully saturated rings. The van der Waals surface area contributed by atoms with E-state index < -0.39 is 16.4 Å². The average Bonchev–Trinajstić information content (AvgIpc) is 2.36. The lowest BCUT2D eigenvalue weighted by Gasteiger charge is -2.07. The molecule has 0 radical (unpaired) electrons. The van der Waals surface area contributed by atoms with Gasteiger partial charge in [0.2, 0.25) is 5.82 Å². The first-order chi connectivity index (χ1) is 9.06. The van der Waals surface area contributed by atoms with Crippen LogP contribution in [0.4, 0.5) is 15.8 Å². The summed E-state index contributed by atoms with van der Waals surface area (Å²) in [5.41, 5.74) is 0.877. The van der Waals surface area contributed by atoms with E-state index in [2.05, 4.69) is 5.32 Å². The van der Waals surface area contributed by atoms with Crippen LogP contribution in [0.3, 0.4) is 0 Å². The maximum atomic E-state index is 13.4. The van der Waals surface area contributed by atoms with Gasteiger partial charge in [-0.1, -0.05) is 23.7 Å². The van der Waals surface area contributed by atoms with Gasteiger partial charge in [0, 0.05) is 29.4 Å². The highest BCUT2D eigenvalue weighted by atomic mass is 35.5. The minimum atomic E-state index is -0.860. The summed E-state index contributed by atoms with van der Waals surface area (Å²) in [5.74, 6) is -0.860. The number of nitrogens with one attached hydrogen (secondary N) is 1. The predicted octanol–water partition coefficient (Wildman–Crippen LogP) is 4.00.